The second kappa shape index (κ2) is 8.92. The van der Waals surface area contributed by atoms with Crippen LogP contribution in [0.4, 0.5) is 0 Å². The first-order valence-electron chi connectivity index (χ1n) is 3.97. The van der Waals surface area contributed by atoms with E-state index < -0.39 is 0 Å². The number of aliphatic hydroxyl groups is 2. The van der Waals surface area contributed by atoms with Crippen LogP contribution in [0.5, 0.6) is 0 Å². The van der Waals surface area contributed by atoms with Crippen LogP contribution in [0, 0.1) is 5.92 Å². The summed E-state index contributed by atoms with van der Waals surface area (Å²) in [5.74, 6) is 0.222. The number of hydrogen-bond acceptors (Lipinski definition) is 2. The Morgan fingerprint density at radius 2 is 1.60 bits per heavy atom. The molecule has 2 atom stereocenters. The molecule has 0 aliphatic carbocycles. The smallest absolute Gasteiger partial charge is 0.0538 e. The summed E-state index contributed by atoms with van der Waals surface area (Å²) in [5, 5.41) is 17.2. The summed E-state index contributed by atoms with van der Waals surface area (Å²) < 4.78 is 0. The third-order valence-corrected chi connectivity index (χ3v) is 1.41. The molecule has 0 heterocycles. The molecule has 0 radical (unpaired) electrons. The molecule has 0 aromatic heterocycles. The highest BCUT2D eigenvalue weighted by Crippen LogP contribution is 2.05. The maximum atomic E-state index is 8.84. The van der Waals surface area contributed by atoms with E-state index in [1.54, 1.807) is 6.92 Å². The highest BCUT2D eigenvalue weighted by molar-refractivity contribution is 4.56. The van der Waals surface area contributed by atoms with Crippen LogP contribution in [0.1, 0.15) is 34.1 Å². The summed E-state index contributed by atoms with van der Waals surface area (Å²) in [6.07, 6.45) is 0.402. The normalized spacial score (nSPS) is 15.0. The van der Waals surface area contributed by atoms with E-state index in [1.807, 2.05) is 20.8 Å². The van der Waals surface area contributed by atoms with Crippen LogP contribution in [0.3, 0.4) is 0 Å². The average molecular weight is 148 g/mol. The Morgan fingerprint density at radius 3 is 1.70 bits per heavy atom. The highest BCUT2D eigenvalue weighted by atomic mass is 16.3. The predicted octanol–water partition coefficient (Wildman–Crippen LogP) is 1.41. The molecule has 0 spiro atoms. The standard InChI is InChI=1S/C6H14O2.C2H6/c1-5(3-4-7)6(2)8;1-2/h5-8H,3-4H2,1-2H3;1-2H3/t5-,6-;/m0./s1. The Balaban J connectivity index is 0. The molecule has 0 fully saturated rings. The van der Waals surface area contributed by atoms with Crippen molar-refractivity contribution in [2.24, 2.45) is 5.92 Å². The molecule has 0 bridgehead atoms. The first kappa shape index (κ1) is 12.6. The molecule has 10 heavy (non-hydrogen) atoms. The van der Waals surface area contributed by atoms with Crippen LogP contribution in [-0.4, -0.2) is 22.9 Å². The minimum atomic E-state index is -0.290. The van der Waals surface area contributed by atoms with Crippen LogP contribution in [-0.2, 0) is 0 Å². The third-order valence-electron chi connectivity index (χ3n) is 1.41. The van der Waals surface area contributed by atoms with Crippen molar-refractivity contribution in [1.29, 1.82) is 0 Å². The lowest BCUT2D eigenvalue weighted by Crippen LogP contribution is -2.13. The lowest BCUT2D eigenvalue weighted by atomic mass is 10.0. The highest BCUT2D eigenvalue weighted by Gasteiger charge is 2.05. The molecule has 2 heteroatoms. The van der Waals surface area contributed by atoms with E-state index in [-0.39, 0.29) is 18.6 Å². The van der Waals surface area contributed by atoms with Crippen molar-refractivity contribution in [3.8, 4) is 0 Å². The lowest BCUT2D eigenvalue weighted by molar-refractivity contribution is 0.115. The molecule has 0 saturated heterocycles. The van der Waals surface area contributed by atoms with Crippen LogP contribution < -0.4 is 0 Å². The van der Waals surface area contributed by atoms with Crippen molar-refractivity contribution in [2.75, 3.05) is 6.61 Å². The van der Waals surface area contributed by atoms with Gasteiger partial charge in [0.2, 0.25) is 0 Å². The van der Waals surface area contributed by atoms with Crippen molar-refractivity contribution >= 4 is 0 Å². The van der Waals surface area contributed by atoms with Crippen molar-refractivity contribution in [2.45, 2.75) is 40.2 Å². The van der Waals surface area contributed by atoms with Gasteiger partial charge in [-0.3, -0.25) is 0 Å². The van der Waals surface area contributed by atoms with Gasteiger partial charge in [0.15, 0.2) is 0 Å². The van der Waals surface area contributed by atoms with Crippen molar-refractivity contribution < 1.29 is 10.2 Å². The van der Waals surface area contributed by atoms with E-state index in [9.17, 15) is 0 Å². The molecule has 0 aliphatic heterocycles. The average Bonchev–Trinajstić information content (AvgIpc) is 1.93. The Labute approximate surface area is 63.9 Å². The van der Waals surface area contributed by atoms with Gasteiger partial charge >= 0.3 is 0 Å². The van der Waals surface area contributed by atoms with E-state index in [2.05, 4.69) is 0 Å². The van der Waals surface area contributed by atoms with Gasteiger partial charge in [0.1, 0.15) is 0 Å². The quantitative estimate of drug-likeness (QED) is 0.635. The minimum Gasteiger partial charge on any atom is -0.396 e. The zero-order valence-electron chi connectivity index (χ0n) is 7.46. The largest absolute Gasteiger partial charge is 0.396 e. The SMILES string of the molecule is CC.C[C@H](O)[C@@H](C)CCO. The van der Waals surface area contributed by atoms with Gasteiger partial charge in [0.05, 0.1) is 6.10 Å². The fourth-order valence-electron chi connectivity index (χ4n) is 0.445. The fraction of sp³-hybridized carbons (Fsp3) is 1.00. The molecule has 0 unspecified atom stereocenters. The topological polar surface area (TPSA) is 40.5 Å². The van der Waals surface area contributed by atoms with Gasteiger partial charge in [-0.1, -0.05) is 20.8 Å². The molecular weight excluding hydrogens is 128 g/mol. The van der Waals surface area contributed by atoms with Crippen LogP contribution in [0.25, 0.3) is 0 Å². The Hall–Kier alpha value is -0.0800. The molecule has 2 nitrogen and oxygen atoms in total. The second-order valence-corrected chi connectivity index (χ2v) is 2.23. The number of hydrogen-bond donors (Lipinski definition) is 2. The van der Waals surface area contributed by atoms with E-state index in [0.29, 0.717) is 6.42 Å². The van der Waals surface area contributed by atoms with Crippen LogP contribution in [0.2, 0.25) is 0 Å². The van der Waals surface area contributed by atoms with Crippen molar-refractivity contribution in [3.63, 3.8) is 0 Å². The maximum Gasteiger partial charge on any atom is 0.0538 e. The first-order chi connectivity index (χ1) is 4.68. The van der Waals surface area contributed by atoms with Gasteiger partial charge in [-0.25, -0.2) is 0 Å². The minimum absolute atomic E-state index is 0.173. The fourth-order valence-corrected chi connectivity index (χ4v) is 0.445. The number of rotatable bonds is 3. The van der Waals surface area contributed by atoms with Crippen molar-refractivity contribution in [3.05, 3.63) is 0 Å². The van der Waals surface area contributed by atoms with Gasteiger partial charge in [-0.05, 0) is 19.3 Å². The van der Waals surface area contributed by atoms with Gasteiger partial charge in [0.25, 0.3) is 0 Å². The summed E-state index contributed by atoms with van der Waals surface area (Å²) in [4.78, 5) is 0. The summed E-state index contributed by atoms with van der Waals surface area (Å²) in [6.45, 7) is 7.83. The van der Waals surface area contributed by atoms with E-state index in [1.165, 1.54) is 0 Å². The Bertz CT molecular complexity index is 53.2. The van der Waals surface area contributed by atoms with E-state index in [0.717, 1.165) is 0 Å². The molecular formula is C8H20O2. The molecule has 0 aromatic rings. The molecule has 2 N–H and O–H groups in total. The molecule has 0 aliphatic rings. The van der Waals surface area contributed by atoms with Gasteiger partial charge < -0.3 is 10.2 Å². The molecule has 0 aromatic carbocycles. The summed E-state index contributed by atoms with van der Waals surface area (Å²) >= 11 is 0. The summed E-state index contributed by atoms with van der Waals surface area (Å²) in [5.41, 5.74) is 0. The maximum absolute atomic E-state index is 8.84. The van der Waals surface area contributed by atoms with Gasteiger partial charge in [-0.15, -0.1) is 0 Å². The molecule has 0 amide bonds. The van der Waals surface area contributed by atoms with E-state index >= 15 is 0 Å². The van der Waals surface area contributed by atoms with Gasteiger partial charge in [0, 0.05) is 6.61 Å². The lowest BCUT2D eigenvalue weighted by Gasteiger charge is -2.11. The summed E-state index contributed by atoms with van der Waals surface area (Å²) in [7, 11) is 0. The monoisotopic (exact) mass is 148 g/mol. The predicted molar refractivity (Wildman–Crippen MR) is 43.9 cm³/mol. The second-order valence-electron chi connectivity index (χ2n) is 2.23. The summed E-state index contributed by atoms with van der Waals surface area (Å²) in [6, 6.07) is 0. The van der Waals surface area contributed by atoms with Crippen LogP contribution in [0.15, 0.2) is 0 Å². The zero-order chi connectivity index (χ0) is 8.57. The molecule has 64 valence electrons. The molecule has 0 saturated carbocycles. The van der Waals surface area contributed by atoms with Crippen molar-refractivity contribution in [1.82, 2.24) is 0 Å². The zero-order valence-corrected chi connectivity index (χ0v) is 7.46. The number of aliphatic hydroxyl groups excluding tert-OH is 2. The first-order valence-corrected chi connectivity index (χ1v) is 3.97. The Morgan fingerprint density at radius 1 is 1.20 bits per heavy atom. The Kier molecular flexibility index (Phi) is 11.2. The molecule has 0 rings (SSSR count). The van der Waals surface area contributed by atoms with Gasteiger partial charge in [-0.2, -0.15) is 0 Å². The van der Waals surface area contributed by atoms with Crippen LogP contribution >= 0.6 is 0 Å². The third kappa shape index (κ3) is 7.92. The van der Waals surface area contributed by atoms with E-state index in [4.69, 9.17) is 10.2 Å².